The van der Waals surface area contributed by atoms with E-state index in [1.165, 1.54) is 6.92 Å². The van der Waals surface area contributed by atoms with Crippen molar-refractivity contribution >= 4 is 11.8 Å². The Labute approximate surface area is 128 Å². The quantitative estimate of drug-likeness (QED) is 0.742. The van der Waals surface area contributed by atoms with Crippen molar-refractivity contribution in [1.82, 2.24) is 15.1 Å². The Kier molecular flexibility index (Phi) is 7.26. The number of rotatable bonds is 8. The van der Waals surface area contributed by atoms with Crippen LogP contribution in [-0.4, -0.2) is 53.8 Å². The summed E-state index contributed by atoms with van der Waals surface area (Å²) in [4.78, 5) is 27.1. The zero-order valence-corrected chi connectivity index (χ0v) is 13.7. The van der Waals surface area contributed by atoms with Crippen LogP contribution in [-0.2, 0) is 9.59 Å². The molecule has 120 valence electrons. The van der Waals surface area contributed by atoms with Gasteiger partial charge in [-0.25, -0.2) is 0 Å². The van der Waals surface area contributed by atoms with Crippen molar-refractivity contribution in [2.45, 2.75) is 52.5 Å². The van der Waals surface area contributed by atoms with E-state index < -0.39 is 0 Å². The first-order valence-corrected chi connectivity index (χ1v) is 7.92. The van der Waals surface area contributed by atoms with Crippen LogP contribution in [0.4, 0.5) is 0 Å². The molecule has 1 N–H and O–H groups in total. The number of carbonyl (C=O) groups excluding carboxylic acids is 2. The third-order valence-corrected chi connectivity index (χ3v) is 3.84. The van der Waals surface area contributed by atoms with Crippen molar-refractivity contribution in [2.75, 3.05) is 26.2 Å². The lowest BCUT2D eigenvalue weighted by molar-refractivity contribution is -0.133. The van der Waals surface area contributed by atoms with Gasteiger partial charge >= 0.3 is 0 Å². The second-order valence-corrected chi connectivity index (χ2v) is 5.82. The molecule has 1 heterocycles. The van der Waals surface area contributed by atoms with Gasteiger partial charge < -0.3 is 15.1 Å². The van der Waals surface area contributed by atoms with E-state index in [9.17, 15) is 9.59 Å². The SMILES string of the molecule is C=C(CN1CCCCC1=O)N(CCC)C(C)CNC(C)=O. The molecule has 1 aliphatic heterocycles. The van der Waals surface area contributed by atoms with E-state index >= 15 is 0 Å². The fourth-order valence-electron chi connectivity index (χ4n) is 2.67. The molecule has 1 fully saturated rings. The Balaban J connectivity index is 2.58. The summed E-state index contributed by atoms with van der Waals surface area (Å²) in [5.74, 6) is 0.212. The fourth-order valence-corrected chi connectivity index (χ4v) is 2.67. The molecule has 0 aromatic rings. The van der Waals surface area contributed by atoms with Gasteiger partial charge in [0.25, 0.3) is 0 Å². The highest BCUT2D eigenvalue weighted by atomic mass is 16.2. The van der Waals surface area contributed by atoms with E-state index in [-0.39, 0.29) is 17.9 Å². The topological polar surface area (TPSA) is 52.7 Å². The maximum Gasteiger partial charge on any atom is 0.222 e. The number of likely N-dealkylation sites (tertiary alicyclic amines) is 1. The number of nitrogens with one attached hydrogen (secondary N) is 1. The molecule has 0 spiro atoms. The standard InChI is InChI=1S/C16H29N3O2/c1-5-9-19(13(2)11-17-15(4)20)14(3)12-18-10-7-6-8-16(18)21/h13H,3,5-12H2,1-2,4H3,(H,17,20). The first kappa shape index (κ1) is 17.5. The molecule has 2 amide bonds. The highest BCUT2D eigenvalue weighted by Crippen LogP contribution is 2.15. The molecule has 1 saturated heterocycles. The first-order chi connectivity index (χ1) is 9.95. The molecule has 1 aliphatic rings. The average molecular weight is 295 g/mol. The average Bonchev–Trinajstić information content (AvgIpc) is 2.44. The molecule has 21 heavy (non-hydrogen) atoms. The molecule has 1 unspecified atom stereocenters. The summed E-state index contributed by atoms with van der Waals surface area (Å²) in [5.41, 5.74) is 0.963. The van der Waals surface area contributed by atoms with Crippen molar-refractivity contribution in [3.63, 3.8) is 0 Å². The van der Waals surface area contributed by atoms with Gasteiger partial charge in [0.2, 0.25) is 11.8 Å². The van der Waals surface area contributed by atoms with Crippen LogP contribution >= 0.6 is 0 Å². The number of amides is 2. The molecule has 0 aromatic heterocycles. The lowest BCUT2D eigenvalue weighted by Gasteiger charge is -2.36. The minimum Gasteiger partial charge on any atom is -0.369 e. The minimum atomic E-state index is -0.0184. The molecular formula is C16H29N3O2. The van der Waals surface area contributed by atoms with Gasteiger partial charge in [-0.1, -0.05) is 13.5 Å². The van der Waals surface area contributed by atoms with Gasteiger partial charge in [-0.15, -0.1) is 0 Å². The number of piperidine rings is 1. The van der Waals surface area contributed by atoms with Crippen molar-refractivity contribution in [3.8, 4) is 0 Å². The number of hydrogen-bond acceptors (Lipinski definition) is 3. The summed E-state index contributed by atoms with van der Waals surface area (Å²) in [5, 5.41) is 2.85. The largest absolute Gasteiger partial charge is 0.369 e. The van der Waals surface area contributed by atoms with Gasteiger partial charge in [0.1, 0.15) is 0 Å². The lowest BCUT2D eigenvalue weighted by Crippen LogP contribution is -2.45. The Bertz CT molecular complexity index is 382. The Morgan fingerprint density at radius 1 is 1.48 bits per heavy atom. The van der Waals surface area contributed by atoms with Crippen molar-refractivity contribution in [3.05, 3.63) is 12.3 Å². The highest BCUT2D eigenvalue weighted by Gasteiger charge is 2.22. The second kappa shape index (κ2) is 8.70. The van der Waals surface area contributed by atoms with Gasteiger partial charge in [-0.3, -0.25) is 9.59 Å². The van der Waals surface area contributed by atoms with Crippen molar-refractivity contribution < 1.29 is 9.59 Å². The minimum absolute atomic E-state index is 0.0184. The van der Waals surface area contributed by atoms with E-state index in [0.717, 1.165) is 38.0 Å². The number of hydrogen-bond donors (Lipinski definition) is 1. The summed E-state index contributed by atoms with van der Waals surface area (Å²) in [6.45, 7) is 12.8. The van der Waals surface area contributed by atoms with Crippen LogP contribution in [0.25, 0.3) is 0 Å². The molecule has 1 atom stereocenters. The van der Waals surface area contributed by atoms with Crippen LogP contribution in [0.1, 0.15) is 46.5 Å². The lowest BCUT2D eigenvalue weighted by atomic mass is 10.1. The number of carbonyl (C=O) groups is 2. The number of nitrogens with zero attached hydrogens (tertiary/aromatic N) is 2. The Morgan fingerprint density at radius 2 is 2.19 bits per heavy atom. The van der Waals surface area contributed by atoms with Crippen LogP contribution in [0.15, 0.2) is 12.3 Å². The molecule has 0 aromatic carbocycles. The summed E-state index contributed by atoms with van der Waals surface area (Å²) < 4.78 is 0. The third-order valence-electron chi connectivity index (χ3n) is 3.84. The zero-order chi connectivity index (χ0) is 15.8. The molecule has 5 heteroatoms. The maximum atomic E-state index is 11.9. The van der Waals surface area contributed by atoms with Crippen LogP contribution in [0.3, 0.4) is 0 Å². The highest BCUT2D eigenvalue weighted by molar-refractivity contribution is 5.77. The van der Waals surface area contributed by atoms with E-state index in [0.29, 0.717) is 19.5 Å². The molecule has 0 bridgehead atoms. The monoisotopic (exact) mass is 295 g/mol. The van der Waals surface area contributed by atoms with Crippen LogP contribution in [0.2, 0.25) is 0 Å². The van der Waals surface area contributed by atoms with E-state index in [1.54, 1.807) is 0 Å². The van der Waals surface area contributed by atoms with Crippen molar-refractivity contribution in [2.24, 2.45) is 0 Å². The predicted octanol–water partition coefficient (Wildman–Crippen LogP) is 1.75. The Hall–Kier alpha value is -1.52. The zero-order valence-electron chi connectivity index (χ0n) is 13.7. The molecular weight excluding hydrogens is 266 g/mol. The first-order valence-electron chi connectivity index (χ1n) is 7.92. The summed E-state index contributed by atoms with van der Waals surface area (Å²) in [7, 11) is 0. The van der Waals surface area contributed by atoms with Crippen LogP contribution in [0.5, 0.6) is 0 Å². The fraction of sp³-hybridized carbons (Fsp3) is 0.750. The van der Waals surface area contributed by atoms with Gasteiger partial charge in [-0.05, 0) is 26.2 Å². The van der Waals surface area contributed by atoms with Gasteiger partial charge in [0, 0.05) is 44.7 Å². The molecule has 0 saturated carbocycles. The Morgan fingerprint density at radius 3 is 2.76 bits per heavy atom. The van der Waals surface area contributed by atoms with Gasteiger partial charge in [-0.2, -0.15) is 0 Å². The molecule has 0 aliphatic carbocycles. The molecule has 1 rings (SSSR count). The summed E-state index contributed by atoms with van der Waals surface area (Å²) in [6, 6.07) is 0.182. The summed E-state index contributed by atoms with van der Waals surface area (Å²) >= 11 is 0. The normalized spacial score (nSPS) is 16.5. The van der Waals surface area contributed by atoms with E-state index in [1.807, 2.05) is 4.90 Å². The maximum absolute atomic E-state index is 11.9. The third kappa shape index (κ3) is 5.78. The smallest absolute Gasteiger partial charge is 0.222 e. The summed E-state index contributed by atoms with van der Waals surface area (Å²) in [6.07, 6.45) is 3.74. The second-order valence-electron chi connectivity index (χ2n) is 5.82. The molecule has 0 radical (unpaired) electrons. The molecule has 5 nitrogen and oxygen atoms in total. The van der Waals surface area contributed by atoms with Crippen molar-refractivity contribution in [1.29, 1.82) is 0 Å². The van der Waals surface area contributed by atoms with Gasteiger partial charge in [0.15, 0.2) is 0 Å². The van der Waals surface area contributed by atoms with Gasteiger partial charge in [0.05, 0.1) is 6.54 Å². The van der Waals surface area contributed by atoms with Crippen LogP contribution in [0, 0.1) is 0 Å². The van der Waals surface area contributed by atoms with E-state index in [4.69, 9.17) is 0 Å². The van der Waals surface area contributed by atoms with E-state index in [2.05, 4.69) is 30.6 Å². The van der Waals surface area contributed by atoms with Crippen LogP contribution < -0.4 is 5.32 Å². The predicted molar refractivity (Wildman–Crippen MR) is 84.7 cm³/mol.